The number of nitrogens with one attached hydrogen (secondary N) is 1. The SMILES string of the molecule is Cc1ccc(-c2csc(NC(=O)COC(=O)C3Cc4ccccc4CN3S(C)(=O)=O)n2)cc1. The normalized spacial score (nSPS) is 16.1. The monoisotopic (exact) mass is 485 g/mol. The fourth-order valence-electron chi connectivity index (χ4n) is 3.62. The minimum absolute atomic E-state index is 0.0852. The van der Waals surface area contributed by atoms with Crippen LogP contribution < -0.4 is 5.32 Å². The predicted molar refractivity (Wildman–Crippen MR) is 126 cm³/mol. The first-order valence-electron chi connectivity index (χ1n) is 10.2. The van der Waals surface area contributed by atoms with Gasteiger partial charge in [0.1, 0.15) is 6.04 Å². The van der Waals surface area contributed by atoms with Crippen LogP contribution in [0.4, 0.5) is 5.13 Å². The van der Waals surface area contributed by atoms with Crippen molar-refractivity contribution in [1.29, 1.82) is 0 Å². The summed E-state index contributed by atoms with van der Waals surface area (Å²) < 4.78 is 30.8. The molecule has 1 atom stereocenters. The maximum atomic E-state index is 12.7. The minimum atomic E-state index is -3.65. The highest BCUT2D eigenvalue weighted by Gasteiger charge is 2.38. The minimum Gasteiger partial charge on any atom is -0.454 e. The summed E-state index contributed by atoms with van der Waals surface area (Å²) in [6, 6.07) is 14.2. The van der Waals surface area contributed by atoms with Crippen LogP contribution in [0.5, 0.6) is 0 Å². The number of aromatic nitrogens is 1. The summed E-state index contributed by atoms with van der Waals surface area (Å²) in [6.45, 7) is 1.55. The molecule has 0 aliphatic carbocycles. The molecule has 10 heteroatoms. The quantitative estimate of drug-likeness (QED) is 0.538. The van der Waals surface area contributed by atoms with Crippen LogP contribution in [-0.4, -0.2) is 48.5 Å². The molecule has 0 radical (unpaired) electrons. The second kappa shape index (κ2) is 9.42. The summed E-state index contributed by atoms with van der Waals surface area (Å²) in [5.74, 6) is -1.31. The van der Waals surface area contributed by atoms with Gasteiger partial charge in [-0.3, -0.25) is 14.9 Å². The molecule has 0 saturated heterocycles. The topological polar surface area (TPSA) is 106 Å². The third-order valence-corrected chi connectivity index (χ3v) is 7.34. The van der Waals surface area contributed by atoms with E-state index in [4.69, 9.17) is 4.74 Å². The smallest absolute Gasteiger partial charge is 0.325 e. The van der Waals surface area contributed by atoms with Crippen molar-refractivity contribution in [2.75, 3.05) is 18.2 Å². The Morgan fingerprint density at radius 1 is 1.15 bits per heavy atom. The number of carbonyl (C=O) groups excluding carboxylic acids is 2. The number of thiazole rings is 1. The van der Waals surface area contributed by atoms with Crippen molar-refractivity contribution in [2.45, 2.75) is 25.9 Å². The molecule has 33 heavy (non-hydrogen) atoms. The summed E-state index contributed by atoms with van der Waals surface area (Å²) in [6.07, 6.45) is 1.25. The van der Waals surface area contributed by atoms with Gasteiger partial charge in [0, 0.05) is 23.9 Å². The standard InChI is InChI=1S/C23H23N3O5S2/c1-15-7-9-16(10-8-15)19-14-32-23(24-19)25-21(27)13-31-22(28)20-11-17-5-3-4-6-18(17)12-26(20)33(2,29)30/h3-10,14,20H,11-13H2,1-2H3,(H,24,25,27). The number of fused-ring (bicyclic) bond motifs is 1. The van der Waals surface area contributed by atoms with E-state index in [1.807, 2.05) is 60.8 Å². The van der Waals surface area contributed by atoms with E-state index >= 15 is 0 Å². The Bertz CT molecular complexity index is 1290. The van der Waals surface area contributed by atoms with E-state index < -0.39 is 34.5 Å². The van der Waals surface area contributed by atoms with Gasteiger partial charge in [-0.1, -0.05) is 54.1 Å². The van der Waals surface area contributed by atoms with Gasteiger partial charge in [-0.2, -0.15) is 4.31 Å². The molecular formula is C23H23N3O5S2. The Balaban J connectivity index is 1.38. The van der Waals surface area contributed by atoms with Gasteiger partial charge in [0.05, 0.1) is 11.9 Å². The van der Waals surface area contributed by atoms with Crippen molar-refractivity contribution >= 4 is 38.4 Å². The zero-order chi connectivity index (χ0) is 23.6. The molecule has 0 spiro atoms. The van der Waals surface area contributed by atoms with Gasteiger partial charge in [-0.25, -0.2) is 13.4 Å². The second-order valence-corrected chi connectivity index (χ2v) is 10.6. The van der Waals surface area contributed by atoms with Crippen LogP contribution in [-0.2, 0) is 37.3 Å². The summed E-state index contributed by atoms with van der Waals surface area (Å²) in [5.41, 5.74) is 4.53. The highest BCUT2D eigenvalue weighted by Crippen LogP contribution is 2.27. The van der Waals surface area contributed by atoms with Crippen LogP contribution in [0.2, 0.25) is 0 Å². The molecule has 1 aliphatic heterocycles. The fourth-order valence-corrected chi connectivity index (χ4v) is 5.36. The third-order valence-electron chi connectivity index (χ3n) is 5.35. The van der Waals surface area contributed by atoms with Gasteiger partial charge in [-0.15, -0.1) is 11.3 Å². The summed E-state index contributed by atoms with van der Waals surface area (Å²) in [5, 5.41) is 4.83. The van der Waals surface area contributed by atoms with Crippen LogP contribution in [0, 0.1) is 6.92 Å². The zero-order valence-corrected chi connectivity index (χ0v) is 19.8. The lowest BCUT2D eigenvalue weighted by Crippen LogP contribution is -2.49. The number of rotatable bonds is 6. The number of sulfonamides is 1. The molecule has 1 N–H and O–H groups in total. The van der Waals surface area contributed by atoms with Gasteiger partial charge in [0.25, 0.3) is 5.91 Å². The van der Waals surface area contributed by atoms with Crippen LogP contribution in [0.3, 0.4) is 0 Å². The number of benzene rings is 2. The first kappa shape index (κ1) is 23.1. The number of anilines is 1. The van der Waals surface area contributed by atoms with E-state index in [0.717, 1.165) is 38.5 Å². The van der Waals surface area contributed by atoms with Crippen LogP contribution >= 0.6 is 11.3 Å². The first-order chi connectivity index (χ1) is 15.7. The Kier molecular flexibility index (Phi) is 6.59. The Labute approximate surface area is 196 Å². The van der Waals surface area contributed by atoms with E-state index in [9.17, 15) is 18.0 Å². The lowest BCUT2D eigenvalue weighted by Gasteiger charge is -2.33. The maximum Gasteiger partial charge on any atom is 0.325 e. The molecule has 3 aromatic rings. The Morgan fingerprint density at radius 2 is 1.85 bits per heavy atom. The van der Waals surface area contributed by atoms with Crippen molar-refractivity contribution < 1.29 is 22.7 Å². The highest BCUT2D eigenvalue weighted by atomic mass is 32.2. The molecule has 2 heterocycles. The van der Waals surface area contributed by atoms with E-state index in [0.29, 0.717) is 5.13 Å². The molecule has 1 aromatic heterocycles. The van der Waals surface area contributed by atoms with Crippen LogP contribution in [0.15, 0.2) is 53.9 Å². The van der Waals surface area contributed by atoms with Gasteiger partial charge in [0.2, 0.25) is 10.0 Å². The van der Waals surface area contributed by atoms with Crippen molar-refractivity contribution in [3.05, 3.63) is 70.6 Å². The number of esters is 1. The summed E-state index contributed by atoms with van der Waals surface area (Å²) in [7, 11) is -3.65. The summed E-state index contributed by atoms with van der Waals surface area (Å²) in [4.78, 5) is 29.4. The lowest BCUT2D eigenvalue weighted by molar-refractivity contribution is -0.151. The van der Waals surface area contributed by atoms with Crippen molar-refractivity contribution in [3.8, 4) is 11.3 Å². The van der Waals surface area contributed by atoms with Crippen molar-refractivity contribution in [2.24, 2.45) is 0 Å². The van der Waals surface area contributed by atoms with E-state index in [1.54, 1.807) is 0 Å². The number of hydrogen-bond acceptors (Lipinski definition) is 7. The van der Waals surface area contributed by atoms with E-state index in [1.165, 1.54) is 11.3 Å². The Hall–Kier alpha value is -3.08. The first-order valence-corrected chi connectivity index (χ1v) is 13.0. The number of ether oxygens (including phenoxy) is 1. The largest absolute Gasteiger partial charge is 0.454 e. The Morgan fingerprint density at radius 3 is 2.55 bits per heavy atom. The van der Waals surface area contributed by atoms with Gasteiger partial charge >= 0.3 is 5.97 Å². The van der Waals surface area contributed by atoms with Crippen LogP contribution in [0.1, 0.15) is 16.7 Å². The molecular weight excluding hydrogens is 462 g/mol. The number of aryl methyl sites for hydroxylation is 1. The van der Waals surface area contributed by atoms with Crippen LogP contribution in [0.25, 0.3) is 11.3 Å². The number of carbonyl (C=O) groups is 2. The fraction of sp³-hybridized carbons (Fsp3) is 0.261. The van der Waals surface area contributed by atoms with Crippen molar-refractivity contribution in [3.63, 3.8) is 0 Å². The summed E-state index contributed by atoms with van der Waals surface area (Å²) >= 11 is 1.26. The zero-order valence-electron chi connectivity index (χ0n) is 18.1. The molecule has 1 amide bonds. The van der Waals surface area contributed by atoms with Gasteiger partial charge < -0.3 is 4.74 Å². The van der Waals surface area contributed by atoms with Gasteiger partial charge in [0.15, 0.2) is 11.7 Å². The average Bonchev–Trinajstić information content (AvgIpc) is 3.24. The predicted octanol–water partition coefficient (Wildman–Crippen LogP) is 2.99. The maximum absolute atomic E-state index is 12.7. The molecule has 2 aromatic carbocycles. The van der Waals surface area contributed by atoms with Gasteiger partial charge in [-0.05, 0) is 18.1 Å². The average molecular weight is 486 g/mol. The lowest BCUT2D eigenvalue weighted by atomic mass is 9.96. The highest BCUT2D eigenvalue weighted by molar-refractivity contribution is 7.88. The molecule has 0 saturated carbocycles. The van der Waals surface area contributed by atoms with E-state index in [2.05, 4.69) is 10.3 Å². The molecule has 1 unspecified atom stereocenters. The molecule has 0 bridgehead atoms. The number of hydrogen-bond donors (Lipinski definition) is 1. The number of nitrogens with zero attached hydrogens (tertiary/aromatic N) is 2. The molecule has 1 aliphatic rings. The second-order valence-electron chi connectivity index (χ2n) is 7.86. The molecule has 0 fully saturated rings. The third kappa shape index (κ3) is 5.47. The molecule has 172 valence electrons. The molecule has 4 rings (SSSR count). The van der Waals surface area contributed by atoms with E-state index in [-0.39, 0.29) is 13.0 Å². The number of amides is 1. The van der Waals surface area contributed by atoms with Crippen molar-refractivity contribution in [1.82, 2.24) is 9.29 Å². The molecule has 8 nitrogen and oxygen atoms in total.